The smallest absolute Gasteiger partial charge is 0.226 e. The van der Waals surface area contributed by atoms with E-state index in [1.807, 2.05) is 6.92 Å². The van der Waals surface area contributed by atoms with Gasteiger partial charge in [-0.2, -0.15) is 0 Å². The van der Waals surface area contributed by atoms with Crippen molar-refractivity contribution in [2.24, 2.45) is 0 Å². The van der Waals surface area contributed by atoms with Crippen molar-refractivity contribution < 1.29 is 14.4 Å². The molecule has 0 radical (unpaired) electrons. The number of hydrogen-bond acceptors (Lipinski definition) is 3. The van der Waals surface area contributed by atoms with Crippen LogP contribution in [0.5, 0.6) is 0 Å². The molecule has 3 amide bonds. The van der Waals surface area contributed by atoms with E-state index in [4.69, 9.17) is 0 Å². The van der Waals surface area contributed by atoms with Gasteiger partial charge in [-0.3, -0.25) is 19.3 Å². The van der Waals surface area contributed by atoms with Gasteiger partial charge < -0.3 is 5.32 Å². The maximum Gasteiger partial charge on any atom is 0.226 e. The van der Waals surface area contributed by atoms with Crippen molar-refractivity contribution in [1.29, 1.82) is 0 Å². The van der Waals surface area contributed by atoms with Gasteiger partial charge in [0, 0.05) is 33.4 Å². The van der Waals surface area contributed by atoms with Gasteiger partial charge >= 0.3 is 0 Å². The van der Waals surface area contributed by atoms with E-state index < -0.39 is 0 Å². The summed E-state index contributed by atoms with van der Waals surface area (Å²) in [5.74, 6) is -0.758. The first-order valence-corrected chi connectivity index (χ1v) is 4.94. The third-order valence-corrected chi connectivity index (χ3v) is 2.06. The SMILES string of the molecule is CCC(CN(C(C)=O)C(C)=O)NC(C)=O. The molecule has 0 aliphatic rings. The Morgan fingerprint density at radius 3 is 1.87 bits per heavy atom. The number of rotatable bonds is 4. The highest BCUT2D eigenvalue weighted by molar-refractivity contribution is 5.93. The standard InChI is InChI=1S/C10H18N2O3/c1-5-10(11-7(2)13)6-12(8(3)14)9(4)15/h10H,5-6H2,1-4H3,(H,11,13). The third-order valence-electron chi connectivity index (χ3n) is 2.06. The van der Waals surface area contributed by atoms with Gasteiger partial charge in [0.15, 0.2) is 0 Å². The van der Waals surface area contributed by atoms with Crippen LogP contribution in [-0.4, -0.2) is 35.2 Å². The number of imide groups is 1. The molecule has 0 fully saturated rings. The minimum Gasteiger partial charge on any atom is -0.352 e. The highest BCUT2D eigenvalue weighted by atomic mass is 16.2. The Bertz CT molecular complexity index is 249. The van der Waals surface area contributed by atoms with Gasteiger partial charge in [-0.05, 0) is 6.42 Å². The van der Waals surface area contributed by atoms with E-state index in [0.717, 1.165) is 4.90 Å². The number of amides is 3. The lowest BCUT2D eigenvalue weighted by molar-refractivity contribution is -0.143. The van der Waals surface area contributed by atoms with Gasteiger partial charge in [-0.1, -0.05) is 6.92 Å². The third kappa shape index (κ3) is 5.15. The predicted octanol–water partition coefficient (Wildman–Crippen LogP) is 0.296. The molecule has 0 saturated carbocycles. The zero-order valence-electron chi connectivity index (χ0n) is 9.66. The van der Waals surface area contributed by atoms with Crippen LogP contribution in [0.4, 0.5) is 0 Å². The first kappa shape index (κ1) is 13.6. The number of nitrogens with zero attached hydrogens (tertiary/aromatic N) is 1. The molecular formula is C10H18N2O3. The van der Waals surface area contributed by atoms with Crippen molar-refractivity contribution in [3.63, 3.8) is 0 Å². The Labute approximate surface area is 89.8 Å². The second-order valence-corrected chi connectivity index (χ2v) is 3.45. The number of carbonyl (C=O) groups is 3. The summed E-state index contributed by atoms with van der Waals surface area (Å²) in [7, 11) is 0. The van der Waals surface area contributed by atoms with E-state index in [0.29, 0.717) is 6.42 Å². The lowest BCUT2D eigenvalue weighted by Crippen LogP contribution is -2.46. The summed E-state index contributed by atoms with van der Waals surface area (Å²) in [6.45, 7) is 6.21. The van der Waals surface area contributed by atoms with Gasteiger partial charge in [0.1, 0.15) is 0 Å². The second kappa shape index (κ2) is 6.16. The monoisotopic (exact) mass is 214 g/mol. The van der Waals surface area contributed by atoms with Gasteiger partial charge in [-0.15, -0.1) is 0 Å². The fraction of sp³-hybridized carbons (Fsp3) is 0.700. The minimum atomic E-state index is -0.300. The van der Waals surface area contributed by atoms with Crippen molar-refractivity contribution in [2.45, 2.75) is 40.2 Å². The summed E-state index contributed by atoms with van der Waals surface area (Å²) >= 11 is 0. The molecule has 15 heavy (non-hydrogen) atoms. The highest BCUT2D eigenvalue weighted by Crippen LogP contribution is 1.98. The topological polar surface area (TPSA) is 66.5 Å². The van der Waals surface area contributed by atoms with Crippen LogP contribution in [0, 0.1) is 0 Å². The summed E-state index contributed by atoms with van der Waals surface area (Å²) in [6, 6.07) is -0.171. The van der Waals surface area contributed by atoms with Crippen molar-refractivity contribution in [1.82, 2.24) is 10.2 Å². The molecule has 0 aliphatic heterocycles. The normalized spacial score (nSPS) is 11.7. The van der Waals surface area contributed by atoms with Gasteiger partial charge in [-0.25, -0.2) is 0 Å². The first-order chi connectivity index (χ1) is 6.88. The Morgan fingerprint density at radius 2 is 1.60 bits per heavy atom. The van der Waals surface area contributed by atoms with Crippen LogP contribution in [0.2, 0.25) is 0 Å². The zero-order valence-corrected chi connectivity index (χ0v) is 9.66. The average Bonchev–Trinajstić information content (AvgIpc) is 2.10. The van der Waals surface area contributed by atoms with Crippen LogP contribution in [0.15, 0.2) is 0 Å². The Morgan fingerprint density at radius 1 is 1.13 bits per heavy atom. The molecule has 0 bridgehead atoms. The fourth-order valence-electron chi connectivity index (χ4n) is 1.26. The number of hydrogen-bond donors (Lipinski definition) is 1. The molecule has 5 nitrogen and oxygen atoms in total. The van der Waals surface area contributed by atoms with Gasteiger partial charge in [0.25, 0.3) is 0 Å². The maximum atomic E-state index is 11.1. The Hall–Kier alpha value is -1.39. The van der Waals surface area contributed by atoms with Gasteiger partial charge in [0.05, 0.1) is 0 Å². The summed E-state index contributed by atoms with van der Waals surface area (Å²) in [4.78, 5) is 34.2. The lowest BCUT2D eigenvalue weighted by Gasteiger charge is -2.23. The van der Waals surface area contributed by atoms with Crippen LogP contribution >= 0.6 is 0 Å². The number of nitrogens with one attached hydrogen (secondary N) is 1. The van der Waals surface area contributed by atoms with E-state index in [1.165, 1.54) is 20.8 Å². The molecule has 0 aliphatic carbocycles. The zero-order chi connectivity index (χ0) is 12.0. The van der Waals surface area contributed by atoms with Crippen LogP contribution in [0.3, 0.4) is 0 Å². The molecule has 1 N–H and O–H groups in total. The Balaban J connectivity index is 4.42. The lowest BCUT2D eigenvalue weighted by atomic mass is 10.2. The summed E-state index contributed by atoms with van der Waals surface area (Å²) in [5, 5.41) is 2.68. The summed E-state index contributed by atoms with van der Waals surface area (Å²) in [5.41, 5.74) is 0. The van der Waals surface area contributed by atoms with E-state index in [-0.39, 0.29) is 30.3 Å². The van der Waals surface area contributed by atoms with E-state index in [1.54, 1.807) is 0 Å². The maximum absolute atomic E-state index is 11.1. The molecule has 1 atom stereocenters. The minimum absolute atomic E-state index is 0.158. The van der Waals surface area contributed by atoms with Crippen LogP contribution in [0.25, 0.3) is 0 Å². The predicted molar refractivity (Wildman–Crippen MR) is 56.0 cm³/mol. The van der Waals surface area contributed by atoms with E-state index in [2.05, 4.69) is 5.32 Å². The van der Waals surface area contributed by atoms with E-state index >= 15 is 0 Å². The number of carbonyl (C=O) groups excluding carboxylic acids is 3. The summed E-state index contributed by atoms with van der Waals surface area (Å²) < 4.78 is 0. The summed E-state index contributed by atoms with van der Waals surface area (Å²) in [6.07, 6.45) is 0.677. The molecule has 0 rings (SSSR count). The van der Waals surface area contributed by atoms with Gasteiger partial charge in [0.2, 0.25) is 17.7 Å². The average molecular weight is 214 g/mol. The molecule has 1 unspecified atom stereocenters. The van der Waals surface area contributed by atoms with Crippen molar-refractivity contribution in [3.05, 3.63) is 0 Å². The molecule has 0 spiro atoms. The molecule has 0 aromatic heterocycles. The highest BCUT2D eigenvalue weighted by Gasteiger charge is 2.18. The first-order valence-electron chi connectivity index (χ1n) is 4.94. The molecule has 86 valence electrons. The fourth-order valence-corrected chi connectivity index (χ4v) is 1.26. The van der Waals surface area contributed by atoms with Crippen molar-refractivity contribution in [2.75, 3.05) is 6.54 Å². The molecular weight excluding hydrogens is 196 g/mol. The largest absolute Gasteiger partial charge is 0.352 e. The van der Waals surface area contributed by atoms with Crippen LogP contribution in [0.1, 0.15) is 34.1 Å². The van der Waals surface area contributed by atoms with Crippen molar-refractivity contribution in [3.8, 4) is 0 Å². The van der Waals surface area contributed by atoms with Crippen LogP contribution < -0.4 is 5.32 Å². The van der Waals surface area contributed by atoms with Crippen molar-refractivity contribution >= 4 is 17.7 Å². The molecule has 0 heterocycles. The molecule has 0 saturated heterocycles. The Kier molecular flexibility index (Phi) is 5.59. The molecule has 0 aromatic rings. The quantitative estimate of drug-likeness (QED) is 0.731. The van der Waals surface area contributed by atoms with Crippen LogP contribution in [-0.2, 0) is 14.4 Å². The molecule has 0 aromatic carbocycles. The van der Waals surface area contributed by atoms with E-state index in [9.17, 15) is 14.4 Å². The second-order valence-electron chi connectivity index (χ2n) is 3.45. The molecule has 5 heteroatoms.